The third-order valence-electron chi connectivity index (χ3n) is 7.81. The molecule has 2 atom stereocenters. The zero-order valence-corrected chi connectivity index (χ0v) is 17.8. The summed E-state index contributed by atoms with van der Waals surface area (Å²) in [7, 11) is 0. The van der Waals surface area contributed by atoms with Crippen molar-refractivity contribution >= 4 is 11.9 Å². The topological polar surface area (TPSA) is 55.9 Å². The van der Waals surface area contributed by atoms with E-state index in [4.69, 9.17) is 0 Å². The summed E-state index contributed by atoms with van der Waals surface area (Å²) in [5.74, 6) is 0.162. The van der Waals surface area contributed by atoms with E-state index in [1.807, 2.05) is 35.2 Å². The molecule has 6 nitrogen and oxygen atoms in total. The molecular formula is C24H34N4O2. The van der Waals surface area contributed by atoms with Gasteiger partial charge in [0.1, 0.15) is 0 Å². The van der Waals surface area contributed by atoms with Crippen LogP contribution in [0.15, 0.2) is 30.3 Å². The van der Waals surface area contributed by atoms with Crippen molar-refractivity contribution in [1.29, 1.82) is 0 Å². The van der Waals surface area contributed by atoms with Gasteiger partial charge in [-0.1, -0.05) is 31.0 Å². The highest BCUT2D eigenvalue weighted by Crippen LogP contribution is 2.33. The monoisotopic (exact) mass is 410 g/mol. The van der Waals surface area contributed by atoms with Crippen molar-refractivity contribution in [1.82, 2.24) is 20.0 Å². The number of fused-ring (bicyclic) bond motifs is 1. The smallest absolute Gasteiger partial charge is 0.318 e. The molecule has 0 radical (unpaired) electrons. The summed E-state index contributed by atoms with van der Waals surface area (Å²) >= 11 is 0. The molecule has 6 heteroatoms. The highest BCUT2D eigenvalue weighted by Gasteiger charge is 2.44. The highest BCUT2D eigenvalue weighted by molar-refractivity contribution is 5.94. The van der Waals surface area contributed by atoms with Gasteiger partial charge in [-0.15, -0.1) is 0 Å². The van der Waals surface area contributed by atoms with E-state index in [1.165, 1.54) is 12.8 Å². The Morgan fingerprint density at radius 2 is 1.50 bits per heavy atom. The summed E-state index contributed by atoms with van der Waals surface area (Å²) in [4.78, 5) is 32.1. The number of carbonyl (C=O) groups is 2. The fraction of sp³-hybridized carbons (Fsp3) is 0.667. The predicted molar refractivity (Wildman–Crippen MR) is 116 cm³/mol. The molecule has 4 aliphatic rings. The third kappa shape index (κ3) is 3.82. The summed E-state index contributed by atoms with van der Waals surface area (Å²) in [5.41, 5.74) is 0.793. The largest absolute Gasteiger partial charge is 0.339 e. The Hall–Kier alpha value is -2.08. The van der Waals surface area contributed by atoms with Crippen LogP contribution in [0.4, 0.5) is 4.79 Å². The Kier molecular flexibility index (Phi) is 5.68. The second-order valence-electron chi connectivity index (χ2n) is 9.47. The summed E-state index contributed by atoms with van der Waals surface area (Å²) in [6.45, 7) is 3.83. The number of urea groups is 1. The van der Waals surface area contributed by atoms with Gasteiger partial charge in [0, 0.05) is 43.8 Å². The van der Waals surface area contributed by atoms with Gasteiger partial charge in [0.05, 0.1) is 12.1 Å². The molecule has 5 rings (SSSR count). The molecule has 1 aliphatic carbocycles. The lowest BCUT2D eigenvalue weighted by molar-refractivity contribution is 0.0471. The highest BCUT2D eigenvalue weighted by atomic mass is 16.2. The van der Waals surface area contributed by atoms with Gasteiger partial charge in [-0.2, -0.15) is 0 Å². The Balaban J connectivity index is 1.12. The summed E-state index contributed by atoms with van der Waals surface area (Å²) in [5, 5.41) is 3.24. The first-order valence-electron chi connectivity index (χ1n) is 11.9. The maximum atomic E-state index is 12.7. The second-order valence-corrected chi connectivity index (χ2v) is 9.47. The number of likely N-dealkylation sites (tertiary alicyclic amines) is 2. The number of amides is 3. The van der Waals surface area contributed by atoms with Gasteiger partial charge in [0.25, 0.3) is 5.91 Å². The van der Waals surface area contributed by atoms with Crippen LogP contribution in [0.25, 0.3) is 0 Å². The standard InChI is InChI=1S/C24H34N4O2/c29-23(18-6-2-1-3-7-18)27-16-10-19(11-17-27)26-14-12-20(13-15-26)28-22-9-5-4-8-21(22)25-24(28)30/h1-3,6-7,19-22H,4-5,8-17H2,(H,25,30)/t21?,22-/m1/s1. The van der Waals surface area contributed by atoms with E-state index >= 15 is 0 Å². The molecule has 3 aliphatic heterocycles. The van der Waals surface area contributed by atoms with Crippen LogP contribution in [0.2, 0.25) is 0 Å². The number of benzene rings is 1. The van der Waals surface area contributed by atoms with E-state index in [1.54, 1.807) is 0 Å². The molecule has 1 N–H and O–H groups in total. The molecular weight excluding hydrogens is 376 g/mol. The fourth-order valence-electron chi connectivity index (χ4n) is 6.16. The Morgan fingerprint density at radius 3 is 2.23 bits per heavy atom. The van der Waals surface area contributed by atoms with Gasteiger partial charge in [0.15, 0.2) is 0 Å². The Bertz CT molecular complexity index is 754. The molecule has 162 valence electrons. The van der Waals surface area contributed by atoms with Crippen molar-refractivity contribution in [2.24, 2.45) is 0 Å². The number of nitrogens with zero attached hydrogens (tertiary/aromatic N) is 3. The van der Waals surface area contributed by atoms with E-state index in [0.29, 0.717) is 24.2 Å². The molecule has 1 unspecified atom stereocenters. The molecule has 30 heavy (non-hydrogen) atoms. The van der Waals surface area contributed by atoms with Crippen molar-refractivity contribution in [3.05, 3.63) is 35.9 Å². The number of nitrogens with one attached hydrogen (secondary N) is 1. The lowest BCUT2D eigenvalue weighted by Gasteiger charge is -2.44. The van der Waals surface area contributed by atoms with Gasteiger partial charge < -0.3 is 20.0 Å². The second kappa shape index (κ2) is 8.58. The maximum absolute atomic E-state index is 12.7. The van der Waals surface area contributed by atoms with Crippen molar-refractivity contribution in [3.63, 3.8) is 0 Å². The molecule has 1 aromatic carbocycles. The molecule has 1 aromatic rings. The van der Waals surface area contributed by atoms with Crippen LogP contribution >= 0.6 is 0 Å². The Labute approximate surface area is 179 Å². The number of hydrogen-bond acceptors (Lipinski definition) is 3. The molecule has 3 heterocycles. The normalized spacial score (nSPS) is 29.0. The van der Waals surface area contributed by atoms with Crippen LogP contribution in [0, 0.1) is 0 Å². The summed E-state index contributed by atoms with van der Waals surface area (Å²) < 4.78 is 0. The number of hydrogen-bond donors (Lipinski definition) is 1. The molecule has 1 saturated carbocycles. The van der Waals surface area contributed by atoms with Crippen LogP contribution < -0.4 is 5.32 Å². The molecule has 4 fully saturated rings. The number of carbonyl (C=O) groups excluding carboxylic acids is 2. The van der Waals surface area contributed by atoms with Crippen LogP contribution in [-0.2, 0) is 0 Å². The van der Waals surface area contributed by atoms with Gasteiger partial charge in [0.2, 0.25) is 0 Å². The quantitative estimate of drug-likeness (QED) is 0.833. The van der Waals surface area contributed by atoms with Crippen LogP contribution in [0.1, 0.15) is 61.7 Å². The number of rotatable bonds is 3. The van der Waals surface area contributed by atoms with Gasteiger partial charge in [-0.25, -0.2) is 4.79 Å². The van der Waals surface area contributed by atoms with Gasteiger partial charge in [-0.05, 0) is 50.7 Å². The third-order valence-corrected chi connectivity index (χ3v) is 7.81. The zero-order valence-electron chi connectivity index (χ0n) is 17.8. The molecule has 3 amide bonds. The van der Waals surface area contributed by atoms with Crippen molar-refractivity contribution in [2.45, 2.75) is 75.5 Å². The van der Waals surface area contributed by atoms with E-state index in [2.05, 4.69) is 15.1 Å². The first-order valence-corrected chi connectivity index (χ1v) is 11.9. The molecule has 0 bridgehead atoms. The van der Waals surface area contributed by atoms with Crippen molar-refractivity contribution in [2.75, 3.05) is 26.2 Å². The van der Waals surface area contributed by atoms with E-state index in [0.717, 1.165) is 70.3 Å². The lowest BCUT2D eigenvalue weighted by atomic mass is 9.89. The average Bonchev–Trinajstić information content (AvgIpc) is 3.15. The summed E-state index contributed by atoms with van der Waals surface area (Å²) in [6, 6.07) is 11.6. The SMILES string of the molecule is O=C(c1ccccc1)N1CCC(N2CCC(N3C(=O)NC4CCCC[C@H]43)CC2)CC1. The number of piperidine rings is 2. The fourth-order valence-corrected chi connectivity index (χ4v) is 6.16. The van der Waals surface area contributed by atoms with Crippen molar-refractivity contribution in [3.8, 4) is 0 Å². The first kappa shape index (κ1) is 19.9. The van der Waals surface area contributed by atoms with E-state index < -0.39 is 0 Å². The molecule has 0 spiro atoms. The van der Waals surface area contributed by atoms with E-state index in [-0.39, 0.29) is 11.9 Å². The van der Waals surface area contributed by atoms with Crippen LogP contribution in [0.3, 0.4) is 0 Å². The molecule has 3 saturated heterocycles. The van der Waals surface area contributed by atoms with Crippen molar-refractivity contribution < 1.29 is 9.59 Å². The van der Waals surface area contributed by atoms with Gasteiger partial charge in [-0.3, -0.25) is 4.79 Å². The minimum atomic E-state index is 0.162. The summed E-state index contributed by atoms with van der Waals surface area (Å²) in [6.07, 6.45) is 9.09. The first-order chi connectivity index (χ1) is 14.7. The minimum absolute atomic E-state index is 0.162. The lowest BCUT2D eigenvalue weighted by Crippen LogP contribution is -2.53. The van der Waals surface area contributed by atoms with Gasteiger partial charge >= 0.3 is 6.03 Å². The minimum Gasteiger partial charge on any atom is -0.339 e. The molecule has 0 aromatic heterocycles. The zero-order chi connectivity index (χ0) is 20.5. The maximum Gasteiger partial charge on any atom is 0.318 e. The van der Waals surface area contributed by atoms with Crippen LogP contribution in [-0.4, -0.2) is 77.0 Å². The Morgan fingerprint density at radius 1 is 0.833 bits per heavy atom. The predicted octanol–water partition coefficient (Wildman–Crippen LogP) is 3.09. The van der Waals surface area contributed by atoms with E-state index in [9.17, 15) is 9.59 Å². The average molecular weight is 411 g/mol. The van der Waals surface area contributed by atoms with Crippen LogP contribution in [0.5, 0.6) is 0 Å².